The molecule has 0 aromatic rings. The number of hydrogen-bond acceptors (Lipinski definition) is 0. The fourth-order valence-corrected chi connectivity index (χ4v) is 1.42. The molecule has 0 rings (SSSR count). The third kappa shape index (κ3) is 5.29. The predicted octanol–water partition coefficient (Wildman–Crippen LogP) is 4.06. The van der Waals surface area contributed by atoms with E-state index in [0.29, 0.717) is 0 Å². The van der Waals surface area contributed by atoms with Crippen LogP contribution in [-0.4, -0.2) is 0 Å². The molecule has 0 aliphatic rings. The van der Waals surface area contributed by atoms with E-state index in [9.17, 15) is 0 Å². The summed E-state index contributed by atoms with van der Waals surface area (Å²) in [5.74, 6) is 1.77. The Morgan fingerprint density at radius 1 is 1.09 bits per heavy atom. The number of unbranched alkanes of at least 4 members (excludes halogenated alkanes) is 1. The Labute approximate surface area is 72.4 Å². The van der Waals surface area contributed by atoms with Crippen molar-refractivity contribution in [3.63, 3.8) is 0 Å². The molecule has 0 N–H and O–H groups in total. The van der Waals surface area contributed by atoms with Crippen LogP contribution in [-0.2, 0) is 0 Å². The van der Waals surface area contributed by atoms with Crippen molar-refractivity contribution < 1.29 is 0 Å². The molecular formula is C11H23. The molecule has 0 nitrogen and oxygen atoms in total. The summed E-state index contributed by atoms with van der Waals surface area (Å²) in [6.45, 7) is 10.9. The van der Waals surface area contributed by atoms with Gasteiger partial charge >= 0.3 is 0 Å². The first-order valence-corrected chi connectivity index (χ1v) is 5.01. The van der Waals surface area contributed by atoms with Crippen LogP contribution in [0.1, 0.15) is 52.9 Å². The highest BCUT2D eigenvalue weighted by Gasteiger charge is 2.09. The maximum Gasteiger partial charge on any atom is -0.0417 e. The molecule has 0 aliphatic carbocycles. The first-order valence-electron chi connectivity index (χ1n) is 5.01. The van der Waals surface area contributed by atoms with Crippen LogP contribution in [0.3, 0.4) is 0 Å². The Morgan fingerprint density at radius 3 is 2.09 bits per heavy atom. The van der Waals surface area contributed by atoms with Crippen LogP contribution in [0, 0.1) is 18.8 Å². The highest BCUT2D eigenvalue weighted by molar-refractivity contribution is 4.62. The Morgan fingerprint density at radius 2 is 1.64 bits per heavy atom. The summed E-state index contributed by atoms with van der Waals surface area (Å²) >= 11 is 0. The largest absolute Gasteiger partial charge is 0.0654 e. The van der Waals surface area contributed by atoms with Crippen molar-refractivity contribution in [2.45, 2.75) is 52.9 Å². The van der Waals surface area contributed by atoms with Crippen molar-refractivity contribution in [1.82, 2.24) is 0 Å². The Balaban J connectivity index is 3.38. The lowest BCUT2D eigenvalue weighted by Gasteiger charge is -2.18. The Bertz CT molecular complexity index is 76.1. The van der Waals surface area contributed by atoms with Gasteiger partial charge in [-0.15, -0.1) is 0 Å². The van der Waals surface area contributed by atoms with Crippen LogP contribution in [0.25, 0.3) is 0 Å². The topological polar surface area (TPSA) is 0 Å². The standard InChI is InChI=1S/C11H23/c1-5-7-9-11(4)10(3)8-6-2/h10-11H,2,5-9H2,1,3-4H3. The second-order valence-corrected chi connectivity index (χ2v) is 3.74. The third-order valence-electron chi connectivity index (χ3n) is 2.64. The third-order valence-corrected chi connectivity index (χ3v) is 2.64. The highest BCUT2D eigenvalue weighted by atomic mass is 14.1. The summed E-state index contributed by atoms with van der Waals surface area (Å²) < 4.78 is 0. The van der Waals surface area contributed by atoms with Crippen molar-refractivity contribution in [2.75, 3.05) is 0 Å². The molecule has 0 aromatic carbocycles. The molecule has 0 bridgehead atoms. The van der Waals surface area contributed by atoms with E-state index in [1.807, 2.05) is 0 Å². The quantitative estimate of drug-likeness (QED) is 0.542. The minimum atomic E-state index is 0.874. The van der Waals surface area contributed by atoms with Crippen LogP contribution < -0.4 is 0 Å². The van der Waals surface area contributed by atoms with Gasteiger partial charge in [-0.25, -0.2) is 0 Å². The van der Waals surface area contributed by atoms with E-state index in [1.54, 1.807) is 0 Å². The average Bonchev–Trinajstić information content (AvgIpc) is 2.00. The fraction of sp³-hybridized carbons (Fsp3) is 0.909. The molecule has 0 aliphatic heterocycles. The van der Waals surface area contributed by atoms with Crippen LogP contribution in [0.4, 0.5) is 0 Å². The van der Waals surface area contributed by atoms with Gasteiger partial charge in [-0.05, 0) is 11.8 Å². The summed E-state index contributed by atoms with van der Waals surface area (Å²) in [5, 5.41) is 0. The van der Waals surface area contributed by atoms with E-state index in [1.165, 1.54) is 25.7 Å². The van der Waals surface area contributed by atoms with Gasteiger partial charge in [-0.3, -0.25) is 0 Å². The fourth-order valence-electron chi connectivity index (χ4n) is 1.42. The first-order chi connectivity index (χ1) is 5.22. The molecule has 0 aromatic heterocycles. The van der Waals surface area contributed by atoms with Crippen LogP contribution in [0.15, 0.2) is 0 Å². The first kappa shape index (κ1) is 11.0. The molecule has 1 radical (unpaired) electrons. The van der Waals surface area contributed by atoms with Gasteiger partial charge in [-0.1, -0.05) is 59.8 Å². The summed E-state index contributed by atoms with van der Waals surface area (Å²) in [6, 6.07) is 0. The van der Waals surface area contributed by atoms with Gasteiger partial charge in [0.15, 0.2) is 0 Å². The van der Waals surface area contributed by atoms with E-state index in [2.05, 4.69) is 27.7 Å². The lowest BCUT2D eigenvalue weighted by atomic mass is 9.88. The molecule has 0 amide bonds. The van der Waals surface area contributed by atoms with E-state index < -0.39 is 0 Å². The van der Waals surface area contributed by atoms with Crippen LogP contribution in [0.2, 0.25) is 0 Å². The summed E-state index contributed by atoms with van der Waals surface area (Å²) in [5.41, 5.74) is 0. The van der Waals surface area contributed by atoms with E-state index >= 15 is 0 Å². The Kier molecular flexibility index (Phi) is 6.69. The molecule has 2 unspecified atom stereocenters. The van der Waals surface area contributed by atoms with E-state index in [4.69, 9.17) is 0 Å². The lowest BCUT2D eigenvalue weighted by molar-refractivity contribution is 0.337. The zero-order valence-corrected chi connectivity index (χ0v) is 8.40. The smallest absolute Gasteiger partial charge is 0.0417 e. The maximum atomic E-state index is 3.89. The second kappa shape index (κ2) is 6.69. The minimum absolute atomic E-state index is 0.874. The van der Waals surface area contributed by atoms with Crippen molar-refractivity contribution in [1.29, 1.82) is 0 Å². The molecule has 0 heterocycles. The zero-order chi connectivity index (χ0) is 8.69. The average molecular weight is 155 g/mol. The van der Waals surface area contributed by atoms with Gasteiger partial charge in [0.2, 0.25) is 0 Å². The SMILES string of the molecule is [CH2]CCC(C)C(C)CCCC. The maximum absolute atomic E-state index is 3.89. The molecular weight excluding hydrogens is 132 g/mol. The van der Waals surface area contributed by atoms with Crippen molar-refractivity contribution >= 4 is 0 Å². The highest BCUT2D eigenvalue weighted by Crippen LogP contribution is 2.21. The summed E-state index contributed by atoms with van der Waals surface area (Å²) in [7, 11) is 0. The van der Waals surface area contributed by atoms with Gasteiger partial charge in [0, 0.05) is 0 Å². The van der Waals surface area contributed by atoms with E-state index in [-0.39, 0.29) is 0 Å². The zero-order valence-electron chi connectivity index (χ0n) is 8.40. The second-order valence-electron chi connectivity index (χ2n) is 3.74. The lowest BCUT2D eigenvalue weighted by Crippen LogP contribution is -2.07. The van der Waals surface area contributed by atoms with Crippen LogP contribution in [0.5, 0.6) is 0 Å². The summed E-state index contributed by atoms with van der Waals surface area (Å²) in [6.07, 6.45) is 6.52. The molecule has 2 atom stereocenters. The van der Waals surface area contributed by atoms with Crippen molar-refractivity contribution in [2.24, 2.45) is 11.8 Å². The van der Waals surface area contributed by atoms with Gasteiger partial charge in [0.25, 0.3) is 0 Å². The van der Waals surface area contributed by atoms with Crippen molar-refractivity contribution in [3.05, 3.63) is 6.92 Å². The van der Waals surface area contributed by atoms with Crippen molar-refractivity contribution in [3.8, 4) is 0 Å². The monoisotopic (exact) mass is 155 g/mol. The predicted molar refractivity (Wildman–Crippen MR) is 52.4 cm³/mol. The van der Waals surface area contributed by atoms with E-state index in [0.717, 1.165) is 18.3 Å². The van der Waals surface area contributed by atoms with Gasteiger partial charge in [0.1, 0.15) is 0 Å². The van der Waals surface area contributed by atoms with Gasteiger partial charge < -0.3 is 0 Å². The summed E-state index contributed by atoms with van der Waals surface area (Å²) in [4.78, 5) is 0. The molecule has 67 valence electrons. The normalized spacial score (nSPS) is 16.4. The molecule has 0 spiro atoms. The molecule has 0 saturated heterocycles. The molecule has 0 fully saturated rings. The molecule has 0 saturated carbocycles. The van der Waals surface area contributed by atoms with Gasteiger partial charge in [0.05, 0.1) is 0 Å². The Hall–Kier alpha value is 0. The molecule has 0 heteroatoms. The number of rotatable bonds is 6. The van der Waals surface area contributed by atoms with Crippen LogP contribution >= 0.6 is 0 Å². The minimum Gasteiger partial charge on any atom is -0.0654 e. The van der Waals surface area contributed by atoms with Gasteiger partial charge in [-0.2, -0.15) is 0 Å². The molecule has 11 heavy (non-hydrogen) atoms. The number of hydrogen-bond donors (Lipinski definition) is 0.